The number of fused-ring (bicyclic) bond motifs is 1. The van der Waals surface area contributed by atoms with Crippen molar-refractivity contribution in [2.75, 3.05) is 12.9 Å². The molecule has 0 bridgehead atoms. The molecule has 0 fully saturated rings. The van der Waals surface area contributed by atoms with Crippen molar-refractivity contribution in [3.8, 4) is 11.8 Å². The summed E-state index contributed by atoms with van der Waals surface area (Å²) in [7, 11) is -1.62. The summed E-state index contributed by atoms with van der Waals surface area (Å²) in [6.07, 6.45) is 0.633. The topological polar surface area (TPSA) is 80.0 Å². The van der Waals surface area contributed by atoms with Crippen LogP contribution in [0.5, 0.6) is 5.75 Å². The summed E-state index contributed by atoms with van der Waals surface area (Å²) in [5.74, 6) is 0.685. The second-order valence-corrected chi connectivity index (χ2v) is 7.59. The van der Waals surface area contributed by atoms with E-state index >= 15 is 0 Å². The fraction of sp³-hybridized carbons (Fsp3) is 0.385. The van der Waals surface area contributed by atoms with Crippen LogP contribution in [0, 0.1) is 11.3 Å². The Hall–Kier alpha value is -1.65. The maximum atomic E-state index is 11.9. The second kappa shape index (κ2) is 6.20. The molecule has 0 atom stereocenters. The summed E-state index contributed by atoms with van der Waals surface area (Å²) >= 11 is 1.36. The lowest BCUT2D eigenvalue weighted by atomic mass is 10.3. The smallest absolute Gasteiger partial charge is 0.156 e. The molecule has 1 aromatic heterocycles. The summed E-state index contributed by atoms with van der Waals surface area (Å²) in [6.45, 7) is 0. The lowest BCUT2D eigenvalue weighted by Crippen LogP contribution is -2.08. The van der Waals surface area contributed by atoms with Crippen molar-refractivity contribution in [2.24, 2.45) is 0 Å². The molecule has 5 nitrogen and oxygen atoms in total. The Balaban J connectivity index is 2.15. The third kappa shape index (κ3) is 3.68. The quantitative estimate of drug-likeness (QED) is 0.766. The number of unbranched alkanes of at least 4 members (excludes halogenated alkanes) is 1. The molecule has 0 saturated heterocycles. The molecule has 0 radical (unpaired) electrons. The zero-order valence-electron chi connectivity index (χ0n) is 11.0. The van der Waals surface area contributed by atoms with Crippen LogP contribution in [-0.2, 0) is 15.6 Å². The van der Waals surface area contributed by atoms with Gasteiger partial charge < -0.3 is 4.74 Å². The molecule has 0 aliphatic rings. The average Bonchev–Trinajstić information content (AvgIpc) is 2.78. The van der Waals surface area contributed by atoms with Gasteiger partial charge in [0.25, 0.3) is 0 Å². The minimum atomic E-state index is -3.20. The zero-order chi connectivity index (χ0) is 14.6. The Morgan fingerprint density at radius 3 is 2.95 bits per heavy atom. The minimum absolute atomic E-state index is 0.0276. The van der Waals surface area contributed by atoms with Crippen molar-refractivity contribution in [2.45, 2.75) is 18.6 Å². The Kier molecular flexibility index (Phi) is 4.57. The van der Waals surface area contributed by atoms with Gasteiger partial charge in [-0.05, 0) is 24.6 Å². The third-order valence-corrected chi connectivity index (χ3v) is 5.55. The molecule has 7 heteroatoms. The van der Waals surface area contributed by atoms with E-state index in [1.165, 1.54) is 11.3 Å². The first-order valence-corrected chi connectivity index (χ1v) is 8.69. The minimum Gasteiger partial charge on any atom is -0.497 e. The molecule has 0 spiro atoms. The van der Waals surface area contributed by atoms with E-state index in [1.807, 2.05) is 18.2 Å². The van der Waals surface area contributed by atoms with Crippen LogP contribution in [0.2, 0.25) is 0 Å². The number of aromatic nitrogens is 1. The molecule has 0 amide bonds. The van der Waals surface area contributed by atoms with Crippen molar-refractivity contribution < 1.29 is 13.2 Å². The second-order valence-electron chi connectivity index (χ2n) is 4.29. The molecule has 0 unspecified atom stereocenters. The van der Waals surface area contributed by atoms with Gasteiger partial charge in [-0.25, -0.2) is 13.4 Å². The van der Waals surface area contributed by atoms with Gasteiger partial charge >= 0.3 is 0 Å². The standard InChI is InChI=1S/C13H14N2O3S2/c1-18-10-4-5-11-12(8-10)19-13(15-11)9-20(16,17)7-3-2-6-14/h4-5,8H,2-3,7,9H2,1H3. The maximum absolute atomic E-state index is 11.9. The summed E-state index contributed by atoms with van der Waals surface area (Å²) in [5.41, 5.74) is 0.776. The van der Waals surface area contributed by atoms with Gasteiger partial charge in [-0.2, -0.15) is 5.26 Å². The van der Waals surface area contributed by atoms with E-state index in [0.717, 1.165) is 16.0 Å². The molecular formula is C13H14N2O3S2. The van der Waals surface area contributed by atoms with Crippen LogP contribution in [0.25, 0.3) is 10.2 Å². The number of ether oxygens (including phenoxy) is 1. The van der Waals surface area contributed by atoms with Crippen molar-refractivity contribution in [3.63, 3.8) is 0 Å². The lowest BCUT2D eigenvalue weighted by Gasteiger charge is -1.99. The molecule has 0 N–H and O–H groups in total. The fourth-order valence-corrected chi connectivity index (χ4v) is 4.51. The highest BCUT2D eigenvalue weighted by Gasteiger charge is 2.15. The number of methoxy groups -OCH3 is 1. The number of hydrogen-bond acceptors (Lipinski definition) is 6. The zero-order valence-corrected chi connectivity index (χ0v) is 12.6. The summed E-state index contributed by atoms with van der Waals surface area (Å²) < 4.78 is 29.9. The average molecular weight is 310 g/mol. The van der Waals surface area contributed by atoms with E-state index in [2.05, 4.69) is 4.98 Å². The van der Waals surface area contributed by atoms with Gasteiger partial charge in [0, 0.05) is 6.42 Å². The summed E-state index contributed by atoms with van der Waals surface area (Å²) in [6, 6.07) is 7.41. The molecule has 20 heavy (non-hydrogen) atoms. The molecule has 2 rings (SSSR count). The maximum Gasteiger partial charge on any atom is 0.156 e. The fourth-order valence-electron chi connectivity index (χ4n) is 1.77. The summed E-state index contributed by atoms with van der Waals surface area (Å²) in [4.78, 5) is 4.32. The lowest BCUT2D eigenvalue weighted by molar-refractivity contribution is 0.415. The highest BCUT2D eigenvalue weighted by molar-refractivity contribution is 7.90. The van der Waals surface area contributed by atoms with E-state index in [4.69, 9.17) is 10.00 Å². The van der Waals surface area contributed by atoms with Crippen LogP contribution in [0.15, 0.2) is 18.2 Å². The monoisotopic (exact) mass is 310 g/mol. The Labute approximate surface area is 121 Å². The number of sulfone groups is 1. The van der Waals surface area contributed by atoms with E-state index in [-0.39, 0.29) is 17.9 Å². The first-order chi connectivity index (χ1) is 9.54. The van der Waals surface area contributed by atoms with Crippen LogP contribution in [0.1, 0.15) is 17.8 Å². The van der Waals surface area contributed by atoms with Gasteiger partial charge in [0.2, 0.25) is 0 Å². The largest absolute Gasteiger partial charge is 0.497 e. The van der Waals surface area contributed by atoms with Crippen molar-refractivity contribution in [3.05, 3.63) is 23.2 Å². The molecule has 0 aliphatic heterocycles. The van der Waals surface area contributed by atoms with Gasteiger partial charge in [-0.3, -0.25) is 0 Å². The van der Waals surface area contributed by atoms with Crippen molar-refractivity contribution in [1.82, 2.24) is 4.98 Å². The van der Waals surface area contributed by atoms with Crippen molar-refractivity contribution >= 4 is 31.4 Å². The van der Waals surface area contributed by atoms with Crippen molar-refractivity contribution in [1.29, 1.82) is 5.26 Å². The van der Waals surface area contributed by atoms with E-state index in [0.29, 0.717) is 11.4 Å². The number of rotatable bonds is 6. The van der Waals surface area contributed by atoms with Crippen LogP contribution in [0.3, 0.4) is 0 Å². The number of benzene rings is 1. The number of nitrogens with zero attached hydrogens (tertiary/aromatic N) is 2. The molecule has 2 aromatic rings. The van der Waals surface area contributed by atoms with E-state index < -0.39 is 9.84 Å². The number of thiazole rings is 1. The first-order valence-electron chi connectivity index (χ1n) is 6.05. The third-order valence-electron chi connectivity index (χ3n) is 2.73. The Bertz CT molecular complexity index is 745. The van der Waals surface area contributed by atoms with Gasteiger partial charge in [0.05, 0.1) is 29.1 Å². The number of hydrogen-bond donors (Lipinski definition) is 0. The van der Waals surface area contributed by atoms with Gasteiger partial charge in [-0.1, -0.05) is 0 Å². The predicted octanol–water partition coefficient (Wildman–Crippen LogP) is 2.52. The molecule has 0 saturated carbocycles. The molecular weight excluding hydrogens is 296 g/mol. The molecule has 1 aromatic carbocycles. The van der Waals surface area contributed by atoms with Gasteiger partial charge in [-0.15, -0.1) is 11.3 Å². The highest BCUT2D eigenvalue weighted by atomic mass is 32.2. The highest BCUT2D eigenvalue weighted by Crippen LogP contribution is 2.27. The molecule has 106 valence electrons. The normalized spacial score (nSPS) is 11.4. The Morgan fingerprint density at radius 2 is 2.25 bits per heavy atom. The van der Waals surface area contributed by atoms with Gasteiger partial charge in [0.15, 0.2) is 9.84 Å². The SMILES string of the molecule is COc1ccc2nc(CS(=O)(=O)CCCC#N)sc2c1. The Morgan fingerprint density at radius 1 is 1.45 bits per heavy atom. The van der Waals surface area contributed by atoms with Crippen LogP contribution in [-0.4, -0.2) is 26.3 Å². The van der Waals surface area contributed by atoms with Crippen LogP contribution in [0.4, 0.5) is 0 Å². The molecule has 1 heterocycles. The van der Waals surface area contributed by atoms with Crippen LogP contribution < -0.4 is 4.74 Å². The van der Waals surface area contributed by atoms with E-state index in [1.54, 1.807) is 13.2 Å². The van der Waals surface area contributed by atoms with Crippen LogP contribution >= 0.6 is 11.3 Å². The number of nitriles is 1. The first kappa shape index (κ1) is 14.8. The van der Waals surface area contributed by atoms with Gasteiger partial charge in [0.1, 0.15) is 16.5 Å². The summed E-state index contributed by atoms with van der Waals surface area (Å²) in [5, 5.41) is 9.00. The molecule has 0 aliphatic carbocycles. The predicted molar refractivity (Wildman–Crippen MR) is 78.5 cm³/mol. The van der Waals surface area contributed by atoms with E-state index in [9.17, 15) is 8.42 Å².